The molecule has 0 unspecified atom stereocenters. The van der Waals surface area contributed by atoms with Gasteiger partial charge in [-0.3, -0.25) is 4.79 Å². The third-order valence-corrected chi connectivity index (χ3v) is 3.97. The molecule has 0 aliphatic rings. The number of hydrogen-bond donors (Lipinski definition) is 1. The second-order valence-electron chi connectivity index (χ2n) is 6.31. The van der Waals surface area contributed by atoms with E-state index in [1.807, 2.05) is 29.8 Å². The number of aryl methyl sites for hydroxylation is 1. The van der Waals surface area contributed by atoms with E-state index in [-0.39, 0.29) is 18.0 Å². The van der Waals surface area contributed by atoms with Crippen LogP contribution in [0.5, 0.6) is 0 Å². The van der Waals surface area contributed by atoms with E-state index in [1.165, 1.54) is 0 Å². The van der Waals surface area contributed by atoms with Crippen LogP contribution in [-0.4, -0.2) is 26.7 Å². The van der Waals surface area contributed by atoms with Gasteiger partial charge in [0, 0.05) is 30.1 Å². The zero-order valence-electron chi connectivity index (χ0n) is 14.2. The molecule has 0 saturated heterocycles. The van der Waals surface area contributed by atoms with Crippen molar-refractivity contribution >= 4 is 16.9 Å². The van der Waals surface area contributed by atoms with E-state index in [0.29, 0.717) is 5.56 Å². The smallest absolute Gasteiger partial charge is 0.253 e. The van der Waals surface area contributed by atoms with Crippen molar-refractivity contribution in [3.8, 4) is 0 Å². The predicted octanol–water partition coefficient (Wildman–Crippen LogP) is 3.36. The maximum absolute atomic E-state index is 12.4. The number of amides is 1. The minimum atomic E-state index is -0.117. The third-order valence-electron chi connectivity index (χ3n) is 3.97. The first-order valence-corrected chi connectivity index (χ1v) is 8.21. The predicted molar refractivity (Wildman–Crippen MR) is 91.9 cm³/mol. The van der Waals surface area contributed by atoms with Crippen LogP contribution < -0.4 is 5.32 Å². The van der Waals surface area contributed by atoms with Gasteiger partial charge >= 0.3 is 0 Å². The number of fused-ring (bicyclic) bond motifs is 1. The molecule has 0 aliphatic carbocycles. The largest absolute Gasteiger partial charge is 0.469 e. The zero-order valence-corrected chi connectivity index (χ0v) is 14.2. The molecule has 6 nitrogen and oxygen atoms in total. The standard InChI is InChI=1S/C18H22N4O2/c1-12(2)22-17-14(11-20-22)9-15(10-19-17)18(23)21-13(3)6-7-16-5-4-8-24-16/h4-5,8-13H,6-7H2,1-3H3,(H,21,23)/t13-/m0/s1. The summed E-state index contributed by atoms with van der Waals surface area (Å²) in [5.74, 6) is 0.814. The van der Waals surface area contributed by atoms with Crippen molar-refractivity contribution in [1.29, 1.82) is 0 Å². The number of nitrogens with zero attached hydrogens (tertiary/aromatic N) is 3. The van der Waals surface area contributed by atoms with Gasteiger partial charge in [-0.05, 0) is 45.4 Å². The van der Waals surface area contributed by atoms with Crippen LogP contribution in [0.15, 0.2) is 41.3 Å². The van der Waals surface area contributed by atoms with Crippen molar-refractivity contribution in [2.75, 3.05) is 0 Å². The molecule has 3 heterocycles. The lowest BCUT2D eigenvalue weighted by Gasteiger charge is -2.13. The second-order valence-corrected chi connectivity index (χ2v) is 6.31. The molecule has 0 fully saturated rings. The van der Waals surface area contributed by atoms with E-state index < -0.39 is 0 Å². The van der Waals surface area contributed by atoms with Gasteiger partial charge in [0.25, 0.3) is 5.91 Å². The molecule has 3 aromatic heterocycles. The van der Waals surface area contributed by atoms with E-state index in [1.54, 1.807) is 18.7 Å². The summed E-state index contributed by atoms with van der Waals surface area (Å²) in [6.07, 6.45) is 6.64. The van der Waals surface area contributed by atoms with Gasteiger partial charge in [-0.15, -0.1) is 0 Å². The summed E-state index contributed by atoms with van der Waals surface area (Å²) in [5.41, 5.74) is 1.35. The van der Waals surface area contributed by atoms with E-state index in [9.17, 15) is 4.79 Å². The summed E-state index contributed by atoms with van der Waals surface area (Å²) in [5, 5.41) is 8.21. The summed E-state index contributed by atoms with van der Waals surface area (Å²) in [6.45, 7) is 6.09. The zero-order chi connectivity index (χ0) is 17.1. The maximum Gasteiger partial charge on any atom is 0.253 e. The van der Waals surface area contributed by atoms with E-state index in [4.69, 9.17) is 4.42 Å². The van der Waals surface area contributed by atoms with Crippen molar-refractivity contribution in [3.05, 3.63) is 48.2 Å². The van der Waals surface area contributed by atoms with Gasteiger partial charge in [-0.25, -0.2) is 9.67 Å². The van der Waals surface area contributed by atoms with Crippen LogP contribution in [0.4, 0.5) is 0 Å². The monoisotopic (exact) mass is 326 g/mol. The van der Waals surface area contributed by atoms with Crippen LogP contribution >= 0.6 is 0 Å². The Balaban J connectivity index is 1.65. The molecule has 0 saturated carbocycles. The van der Waals surface area contributed by atoms with Crippen LogP contribution in [0.2, 0.25) is 0 Å². The number of pyridine rings is 1. The minimum Gasteiger partial charge on any atom is -0.469 e. The first-order chi connectivity index (χ1) is 11.5. The molecule has 0 aliphatic heterocycles. The Hall–Kier alpha value is -2.63. The third kappa shape index (κ3) is 3.48. The molecule has 3 aromatic rings. The lowest BCUT2D eigenvalue weighted by Crippen LogP contribution is -2.32. The lowest BCUT2D eigenvalue weighted by molar-refractivity contribution is 0.0938. The summed E-state index contributed by atoms with van der Waals surface area (Å²) < 4.78 is 7.16. The quantitative estimate of drug-likeness (QED) is 0.754. The number of hydrogen-bond acceptors (Lipinski definition) is 4. The molecule has 24 heavy (non-hydrogen) atoms. The highest BCUT2D eigenvalue weighted by atomic mass is 16.3. The highest BCUT2D eigenvalue weighted by Gasteiger charge is 2.14. The summed E-state index contributed by atoms with van der Waals surface area (Å²) in [6, 6.07) is 5.94. The normalized spacial score (nSPS) is 12.7. The Morgan fingerprint density at radius 2 is 2.17 bits per heavy atom. The fourth-order valence-corrected chi connectivity index (χ4v) is 2.64. The number of aromatic nitrogens is 3. The molecule has 0 bridgehead atoms. The van der Waals surface area contributed by atoms with Gasteiger partial charge in [0.05, 0.1) is 18.0 Å². The maximum atomic E-state index is 12.4. The van der Waals surface area contributed by atoms with Crippen molar-refractivity contribution in [2.24, 2.45) is 0 Å². The molecule has 1 atom stereocenters. The van der Waals surface area contributed by atoms with Gasteiger partial charge in [-0.1, -0.05) is 0 Å². The van der Waals surface area contributed by atoms with Gasteiger partial charge in [0.1, 0.15) is 5.76 Å². The van der Waals surface area contributed by atoms with E-state index >= 15 is 0 Å². The topological polar surface area (TPSA) is 73.0 Å². The number of rotatable bonds is 6. The Morgan fingerprint density at radius 3 is 2.88 bits per heavy atom. The molecule has 0 radical (unpaired) electrons. The summed E-state index contributed by atoms with van der Waals surface area (Å²) >= 11 is 0. The fourth-order valence-electron chi connectivity index (χ4n) is 2.64. The molecule has 1 amide bonds. The SMILES string of the molecule is CC(C)n1ncc2cc(C(=O)N[C@@H](C)CCc3ccco3)cnc21. The highest BCUT2D eigenvalue weighted by molar-refractivity contribution is 5.96. The Kier molecular flexibility index (Phi) is 4.64. The van der Waals surface area contributed by atoms with Gasteiger partial charge < -0.3 is 9.73 Å². The molecule has 0 aromatic carbocycles. The van der Waals surface area contributed by atoms with Gasteiger partial charge in [-0.2, -0.15) is 5.10 Å². The second kappa shape index (κ2) is 6.86. The van der Waals surface area contributed by atoms with Crippen LogP contribution in [0.3, 0.4) is 0 Å². The number of carbonyl (C=O) groups is 1. The highest BCUT2D eigenvalue weighted by Crippen LogP contribution is 2.17. The Labute approximate surface area is 140 Å². The average molecular weight is 326 g/mol. The van der Waals surface area contributed by atoms with Crippen LogP contribution in [0, 0.1) is 0 Å². The van der Waals surface area contributed by atoms with Crippen molar-refractivity contribution < 1.29 is 9.21 Å². The lowest BCUT2D eigenvalue weighted by atomic mass is 10.1. The Bertz CT molecular complexity index is 821. The summed E-state index contributed by atoms with van der Waals surface area (Å²) in [7, 11) is 0. The molecule has 1 N–H and O–H groups in total. The van der Waals surface area contributed by atoms with Gasteiger partial charge in [0.2, 0.25) is 0 Å². The molecule has 126 valence electrons. The molecule has 0 spiro atoms. The molecular weight excluding hydrogens is 304 g/mol. The van der Waals surface area contributed by atoms with E-state index in [0.717, 1.165) is 29.6 Å². The number of nitrogens with one attached hydrogen (secondary N) is 1. The number of furan rings is 1. The van der Waals surface area contributed by atoms with Gasteiger partial charge in [0.15, 0.2) is 5.65 Å². The first kappa shape index (κ1) is 16.2. The van der Waals surface area contributed by atoms with Crippen molar-refractivity contribution in [2.45, 2.75) is 45.7 Å². The first-order valence-electron chi connectivity index (χ1n) is 8.21. The van der Waals surface area contributed by atoms with Crippen molar-refractivity contribution in [3.63, 3.8) is 0 Å². The van der Waals surface area contributed by atoms with Crippen LogP contribution in [-0.2, 0) is 6.42 Å². The fraction of sp³-hybridized carbons (Fsp3) is 0.389. The minimum absolute atomic E-state index is 0.0525. The summed E-state index contributed by atoms with van der Waals surface area (Å²) in [4.78, 5) is 16.8. The van der Waals surface area contributed by atoms with E-state index in [2.05, 4.69) is 29.2 Å². The average Bonchev–Trinajstić information content (AvgIpc) is 3.21. The van der Waals surface area contributed by atoms with Crippen LogP contribution in [0.1, 0.15) is 49.4 Å². The molecule has 3 rings (SSSR count). The Morgan fingerprint density at radius 1 is 1.33 bits per heavy atom. The molecular formula is C18H22N4O2. The molecule has 6 heteroatoms. The van der Waals surface area contributed by atoms with Crippen molar-refractivity contribution in [1.82, 2.24) is 20.1 Å². The number of carbonyl (C=O) groups excluding carboxylic acids is 1. The van der Waals surface area contributed by atoms with Crippen LogP contribution in [0.25, 0.3) is 11.0 Å².